The normalized spacial score (nSPS) is 10.5. The Labute approximate surface area is 177 Å². The minimum Gasteiger partial charge on any atom is -0.484 e. The number of amides is 1. The monoisotopic (exact) mass is 418 g/mol. The van der Waals surface area contributed by atoms with Gasteiger partial charge in [0.25, 0.3) is 5.91 Å². The van der Waals surface area contributed by atoms with Gasteiger partial charge in [-0.3, -0.25) is 4.79 Å². The Morgan fingerprint density at radius 3 is 2.52 bits per heavy atom. The number of halogens is 1. The third kappa shape index (κ3) is 5.41. The number of aromatic nitrogens is 4. The van der Waals surface area contributed by atoms with Gasteiger partial charge in [0.1, 0.15) is 23.2 Å². The van der Waals surface area contributed by atoms with E-state index in [9.17, 15) is 9.18 Å². The Kier molecular flexibility index (Phi) is 5.84. The van der Waals surface area contributed by atoms with Gasteiger partial charge in [-0.2, -0.15) is 5.10 Å². The number of benzene rings is 2. The van der Waals surface area contributed by atoms with Gasteiger partial charge in [-0.15, -0.1) is 0 Å². The van der Waals surface area contributed by atoms with Crippen molar-refractivity contribution in [2.45, 2.75) is 6.92 Å². The fourth-order valence-electron chi connectivity index (χ4n) is 2.80. The summed E-state index contributed by atoms with van der Waals surface area (Å²) in [6, 6.07) is 16.3. The lowest BCUT2D eigenvalue weighted by molar-refractivity contribution is -0.118. The fraction of sp³-hybridized carbons (Fsp3) is 0.0909. The van der Waals surface area contributed by atoms with Crippen LogP contribution in [-0.4, -0.2) is 32.3 Å². The van der Waals surface area contributed by atoms with Gasteiger partial charge in [0, 0.05) is 29.8 Å². The third-order valence-electron chi connectivity index (χ3n) is 4.19. The van der Waals surface area contributed by atoms with E-state index in [-0.39, 0.29) is 18.3 Å². The molecule has 8 nitrogen and oxygen atoms in total. The second-order valence-electron chi connectivity index (χ2n) is 6.60. The van der Waals surface area contributed by atoms with E-state index in [0.29, 0.717) is 28.9 Å². The van der Waals surface area contributed by atoms with Crippen molar-refractivity contribution < 1.29 is 13.9 Å². The summed E-state index contributed by atoms with van der Waals surface area (Å²) in [5, 5.41) is 10.2. The van der Waals surface area contributed by atoms with E-state index < -0.39 is 0 Å². The number of aryl methyl sites for hydroxylation is 1. The van der Waals surface area contributed by atoms with Gasteiger partial charge in [-0.25, -0.2) is 19.0 Å². The summed E-state index contributed by atoms with van der Waals surface area (Å²) < 4.78 is 19.9. The molecule has 0 bridgehead atoms. The minimum absolute atomic E-state index is 0.179. The number of rotatable bonds is 7. The molecular formula is C22H19FN6O2. The molecule has 0 aliphatic rings. The van der Waals surface area contributed by atoms with Crippen LogP contribution < -0.4 is 15.4 Å². The quantitative estimate of drug-likeness (QED) is 0.473. The molecule has 1 amide bonds. The molecule has 2 aromatic heterocycles. The predicted molar refractivity (Wildman–Crippen MR) is 114 cm³/mol. The molecule has 0 saturated heterocycles. The van der Waals surface area contributed by atoms with Crippen LogP contribution in [0.2, 0.25) is 0 Å². The first-order chi connectivity index (χ1) is 15.0. The summed E-state index contributed by atoms with van der Waals surface area (Å²) in [4.78, 5) is 20.8. The van der Waals surface area contributed by atoms with E-state index in [1.807, 2.05) is 31.3 Å². The zero-order valence-electron chi connectivity index (χ0n) is 16.6. The maximum atomic E-state index is 12.9. The van der Waals surface area contributed by atoms with Gasteiger partial charge < -0.3 is 15.4 Å². The van der Waals surface area contributed by atoms with Crippen LogP contribution in [0, 0.1) is 12.7 Å². The van der Waals surface area contributed by atoms with Crippen LogP contribution in [0.5, 0.6) is 5.75 Å². The van der Waals surface area contributed by atoms with Crippen molar-refractivity contribution in [1.82, 2.24) is 19.7 Å². The third-order valence-corrected chi connectivity index (χ3v) is 4.19. The first-order valence-corrected chi connectivity index (χ1v) is 9.46. The lowest BCUT2D eigenvalue weighted by Gasteiger charge is -2.10. The van der Waals surface area contributed by atoms with Crippen LogP contribution >= 0.6 is 0 Å². The Morgan fingerprint density at radius 1 is 1.06 bits per heavy atom. The van der Waals surface area contributed by atoms with Gasteiger partial charge in [0.05, 0.1) is 0 Å². The molecule has 2 heterocycles. The molecule has 0 radical (unpaired) electrons. The van der Waals surface area contributed by atoms with E-state index in [4.69, 9.17) is 4.74 Å². The zero-order valence-corrected chi connectivity index (χ0v) is 16.6. The van der Waals surface area contributed by atoms with Crippen LogP contribution in [0.25, 0.3) is 5.82 Å². The van der Waals surface area contributed by atoms with Crippen LogP contribution in [-0.2, 0) is 4.79 Å². The van der Waals surface area contributed by atoms with Crippen LogP contribution in [0.4, 0.5) is 21.6 Å². The highest BCUT2D eigenvalue weighted by atomic mass is 19.1. The van der Waals surface area contributed by atoms with Crippen molar-refractivity contribution in [1.29, 1.82) is 0 Å². The van der Waals surface area contributed by atoms with Crippen LogP contribution in [0.15, 0.2) is 73.1 Å². The number of ether oxygens (including phenoxy) is 1. The van der Waals surface area contributed by atoms with Gasteiger partial charge >= 0.3 is 0 Å². The molecule has 0 aliphatic heterocycles. The number of anilines is 3. The lowest BCUT2D eigenvalue weighted by Crippen LogP contribution is -2.20. The van der Waals surface area contributed by atoms with Crippen LogP contribution in [0.3, 0.4) is 0 Å². The van der Waals surface area contributed by atoms with E-state index in [1.165, 1.54) is 24.3 Å². The van der Waals surface area contributed by atoms with Crippen molar-refractivity contribution in [3.05, 3.63) is 84.7 Å². The van der Waals surface area contributed by atoms with E-state index in [1.54, 1.807) is 29.1 Å². The highest BCUT2D eigenvalue weighted by Gasteiger charge is 2.07. The van der Waals surface area contributed by atoms with Crippen molar-refractivity contribution in [3.63, 3.8) is 0 Å². The van der Waals surface area contributed by atoms with E-state index >= 15 is 0 Å². The second-order valence-corrected chi connectivity index (χ2v) is 6.60. The Bertz CT molecular complexity index is 1160. The number of nitrogens with one attached hydrogen (secondary N) is 2. The first kappa shape index (κ1) is 20.0. The number of hydrogen-bond donors (Lipinski definition) is 2. The lowest BCUT2D eigenvalue weighted by atomic mass is 10.2. The molecule has 0 fully saturated rings. The van der Waals surface area contributed by atoms with Crippen molar-refractivity contribution in [2.75, 3.05) is 17.2 Å². The van der Waals surface area contributed by atoms with Crippen molar-refractivity contribution >= 4 is 23.1 Å². The molecule has 2 N–H and O–H groups in total. The van der Waals surface area contributed by atoms with Crippen LogP contribution in [0.1, 0.15) is 5.82 Å². The second kappa shape index (κ2) is 9.04. The summed E-state index contributed by atoms with van der Waals surface area (Å²) >= 11 is 0. The molecule has 0 saturated carbocycles. The molecule has 9 heteroatoms. The number of carbonyl (C=O) groups excluding carboxylic acids is 1. The molecule has 0 unspecified atom stereocenters. The Morgan fingerprint density at radius 2 is 1.81 bits per heavy atom. The Balaban J connectivity index is 1.35. The summed E-state index contributed by atoms with van der Waals surface area (Å²) in [6.45, 7) is 1.63. The SMILES string of the molecule is Cc1nc(Nc2ccc(NC(=O)COc3ccc(F)cc3)cc2)cc(-n2cccn2)n1. The molecule has 2 aromatic carbocycles. The van der Waals surface area contributed by atoms with Gasteiger partial charge in [-0.05, 0) is 61.5 Å². The molecule has 0 spiro atoms. The molecular weight excluding hydrogens is 399 g/mol. The zero-order chi connectivity index (χ0) is 21.6. The molecule has 4 aromatic rings. The number of hydrogen-bond acceptors (Lipinski definition) is 6. The van der Waals surface area contributed by atoms with Crippen molar-refractivity contribution in [2.24, 2.45) is 0 Å². The molecule has 0 atom stereocenters. The summed E-state index contributed by atoms with van der Waals surface area (Å²) in [6.07, 6.45) is 3.49. The van der Waals surface area contributed by atoms with Gasteiger partial charge in [0.15, 0.2) is 12.4 Å². The van der Waals surface area contributed by atoms with Crippen molar-refractivity contribution in [3.8, 4) is 11.6 Å². The van der Waals surface area contributed by atoms with E-state index in [0.717, 1.165) is 5.69 Å². The minimum atomic E-state index is -0.361. The summed E-state index contributed by atoms with van der Waals surface area (Å²) in [5.41, 5.74) is 1.42. The van der Waals surface area contributed by atoms with Gasteiger partial charge in [-0.1, -0.05) is 0 Å². The van der Waals surface area contributed by atoms with E-state index in [2.05, 4.69) is 25.7 Å². The standard InChI is InChI=1S/C22H19FN6O2/c1-15-25-20(13-21(26-15)29-12-2-11-24-29)27-17-5-7-18(8-6-17)28-22(30)14-31-19-9-3-16(23)4-10-19/h2-13H,14H2,1H3,(H,28,30)(H,25,26,27). The molecule has 4 rings (SSSR count). The maximum Gasteiger partial charge on any atom is 0.262 e. The number of carbonyl (C=O) groups is 1. The molecule has 31 heavy (non-hydrogen) atoms. The Hall–Kier alpha value is -4.27. The highest BCUT2D eigenvalue weighted by molar-refractivity contribution is 5.92. The highest BCUT2D eigenvalue weighted by Crippen LogP contribution is 2.19. The van der Waals surface area contributed by atoms with Gasteiger partial charge in [0.2, 0.25) is 0 Å². The topological polar surface area (TPSA) is 94.0 Å². The first-order valence-electron chi connectivity index (χ1n) is 9.46. The average Bonchev–Trinajstić information content (AvgIpc) is 3.29. The number of nitrogens with zero attached hydrogens (tertiary/aromatic N) is 4. The molecule has 0 aliphatic carbocycles. The summed E-state index contributed by atoms with van der Waals surface area (Å²) in [7, 11) is 0. The smallest absolute Gasteiger partial charge is 0.262 e. The molecule has 156 valence electrons. The fourth-order valence-corrected chi connectivity index (χ4v) is 2.80. The summed E-state index contributed by atoms with van der Waals surface area (Å²) in [5.74, 6) is 1.64. The maximum absolute atomic E-state index is 12.9. The largest absolute Gasteiger partial charge is 0.484 e. The average molecular weight is 418 g/mol. The predicted octanol–water partition coefficient (Wildman–Crippen LogP) is 3.87.